The molecule has 1 fully saturated rings. The fourth-order valence-corrected chi connectivity index (χ4v) is 4.86. The zero-order valence-corrected chi connectivity index (χ0v) is 15.2. The number of nitrogens with one attached hydrogen (secondary N) is 2. The Kier molecular flexibility index (Phi) is 6.59. The standard InChI is InChI=1S/C13H21N3O4S2.ClH/c1-15-21(17,18)11-4-6-12(7-5-11)22(19,20)16-13(10-14)8-2-3-9-13;/h4-7,15-16H,2-3,8-10,14H2,1H3;1H. The fourth-order valence-electron chi connectivity index (χ4n) is 2.66. The highest BCUT2D eigenvalue weighted by atomic mass is 35.5. The maximum atomic E-state index is 12.5. The van der Waals surface area contributed by atoms with E-state index in [2.05, 4.69) is 9.44 Å². The summed E-state index contributed by atoms with van der Waals surface area (Å²) < 4.78 is 53.1. The van der Waals surface area contributed by atoms with Crippen molar-refractivity contribution in [2.75, 3.05) is 13.6 Å². The number of sulfonamides is 2. The van der Waals surface area contributed by atoms with Gasteiger partial charge in [-0.2, -0.15) is 0 Å². The van der Waals surface area contributed by atoms with Gasteiger partial charge < -0.3 is 5.73 Å². The highest BCUT2D eigenvalue weighted by Crippen LogP contribution is 2.30. The van der Waals surface area contributed by atoms with Crippen molar-refractivity contribution in [2.45, 2.75) is 41.0 Å². The summed E-state index contributed by atoms with van der Waals surface area (Å²) in [5.41, 5.74) is 5.15. The molecule has 0 atom stereocenters. The summed E-state index contributed by atoms with van der Waals surface area (Å²) in [5, 5.41) is 0. The molecule has 0 amide bonds. The molecule has 0 bridgehead atoms. The number of halogens is 1. The molecule has 0 radical (unpaired) electrons. The van der Waals surface area contributed by atoms with E-state index >= 15 is 0 Å². The molecule has 1 saturated carbocycles. The van der Waals surface area contributed by atoms with Crippen LogP contribution in [0, 0.1) is 0 Å². The first-order chi connectivity index (χ1) is 10.2. The molecule has 0 aliphatic heterocycles. The zero-order valence-electron chi connectivity index (χ0n) is 12.8. The monoisotopic (exact) mass is 383 g/mol. The molecule has 23 heavy (non-hydrogen) atoms. The third-order valence-corrected chi connectivity index (χ3v) is 7.04. The third kappa shape index (κ3) is 4.43. The Morgan fingerprint density at radius 3 is 1.83 bits per heavy atom. The van der Waals surface area contributed by atoms with Crippen LogP contribution in [0.15, 0.2) is 34.1 Å². The highest BCUT2D eigenvalue weighted by molar-refractivity contribution is 7.90. The van der Waals surface area contributed by atoms with Gasteiger partial charge in [-0.25, -0.2) is 26.3 Å². The van der Waals surface area contributed by atoms with Gasteiger partial charge >= 0.3 is 0 Å². The minimum Gasteiger partial charge on any atom is -0.329 e. The van der Waals surface area contributed by atoms with Gasteiger partial charge in [-0.05, 0) is 44.2 Å². The Labute approximate surface area is 143 Å². The van der Waals surface area contributed by atoms with E-state index in [-0.39, 0.29) is 28.7 Å². The molecular formula is C13H22ClN3O4S2. The molecule has 1 aromatic rings. The van der Waals surface area contributed by atoms with Gasteiger partial charge in [-0.3, -0.25) is 0 Å². The van der Waals surface area contributed by atoms with Crippen molar-refractivity contribution in [3.8, 4) is 0 Å². The lowest BCUT2D eigenvalue weighted by Gasteiger charge is -2.28. The van der Waals surface area contributed by atoms with E-state index in [4.69, 9.17) is 5.73 Å². The van der Waals surface area contributed by atoms with Crippen LogP contribution in [0.4, 0.5) is 0 Å². The largest absolute Gasteiger partial charge is 0.329 e. The van der Waals surface area contributed by atoms with Gasteiger partial charge in [0, 0.05) is 12.1 Å². The zero-order chi connectivity index (χ0) is 16.4. The lowest BCUT2D eigenvalue weighted by molar-refractivity contribution is 0.399. The molecule has 10 heteroatoms. The molecule has 7 nitrogen and oxygen atoms in total. The first-order valence-electron chi connectivity index (χ1n) is 7.02. The van der Waals surface area contributed by atoms with E-state index in [1.807, 2.05) is 0 Å². The Morgan fingerprint density at radius 1 is 1.00 bits per heavy atom. The van der Waals surface area contributed by atoms with E-state index in [0.717, 1.165) is 25.7 Å². The molecule has 4 N–H and O–H groups in total. The molecular weight excluding hydrogens is 362 g/mol. The third-order valence-electron chi connectivity index (χ3n) is 4.02. The topological polar surface area (TPSA) is 118 Å². The lowest BCUT2D eigenvalue weighted by Crippen LogP contribution is -2.51. The van der Waals surface area contributed by atoms with Crippen LogP contribution in [0.5, 0.6) is 0 Å². The molecule has 0 spiro atoms. The van der Waals surface area contributed by atoms with Crippen LogP contribution in [0.2, 0.25) is 0 Å². The van der Waals surface area contributed by atoms with Gasteiger partial charge in [0.1, 0.15) is 0 Å². The molecule has 2 rings (SSSR count). The SMILES string of the molecule is CNS(=O)(=O)c1ccc(S(=O)(=O)NC2(CN)CCCC2)cc1.Cl. The van der Waals surface area contributed by atoms with Gasteiger partial charge in [0.2, 0.25) is 20.0 Å². The van der Waals surface area contributed by atoms with Crippen LogP contribution in [0.3, 0.4) is 0 Å². The number of rotatable bonds is 6. The van der Waals surface area contributed by atoms with Crippen LogP contribution in [0.25, 0.3) is 0 Å². The Bertz CT molecular complexity index is 727. The average molecular weight is 384 g/mol. The van der Waals surface area contributed by atoms with Crippen molar-refractivity contribution in [1.82, 2.24) is 9.44 Å². The van der Waals surface area contributed by atoms with Crippen molar-refractivity contribution in [3.05, 3.63) is 24.3 Å². The second kappa shape index (κ2) is 7.45. The second-order valence-electron chi connectivity index (χ2n) is 5.48. The number of nitrogens with two attached hydrogens (primary N) is 1. The molecule has 0 aromatic heterocycles. The van der Waals surface area contributed by atoms with E-state index in [0.29, 0.717) is 0 Å². The van der Waals surface area contributed by atoms with Crippen molar-refractivity contribution >= 4 is 32.5 Å². The first-order valence-corrected chi connectivity index (χ1v) is 9.99. The summed E-state index contributed by atoms with van der Waals surface area (Å²) in [7, 11) is -6.01. The van der Waals surface area contributed by atoms with E-state index in [1.165, 1.54) is 31.3 Å². The molecule has 0 unspecified atom stereocenters. The van der Waals surface area contributed by atoms with Crippen LogP contribution >= 0.6 is 12.4 Å². The Balaban J connectivity index is 0.00000264. The van der Waals surface area contributed by atoms with Crippen molar-refractivity contribution in [2.24, 2.45) is 5.73 Å². The van der Waals surface area contributed by atoms with Crippen molar-refractivity contribution in [1.29, 1.82) is 0 Å². The van der Waals surface area contributed by atoms with Crippen LogP contribution in [-0.2, 0) is 20.0 Å². The number of benzene rings is 1. The summed E-state index contributed by atoms with van der Waals surface area (Å²) >= 11 is 0. The Hall–Kier alpha value is -0.710. The summed E-state index contributed by atoms with van der Waals surface area (Å²) in [6.45, 7) is 0.248. The van der Waals surface area contributed by atoms with Crippen molar-refractivity contribution < 1.29 is 16.8 Å². The van der Waals surface area contributed by atoms with Gasteiger partial charge in [0.25, 0.3) is 0 Å². The van der Waals surface area contributed by atoms with Crippen LogP contribution in [0.1, 0.15) is 25.7 Å². The highest BCUT2D eigenvalue weighted by Gasteiger charge is 2.36. The molecule has 1 aliphatic rings. The summed E-state index contributed by atoms with van der Waals surface area (Å²) in [5.74, 6) is 0. The molecule has 1 aromatic carbocycles. The van der Waals surface area contributed by atoms with Gasteiger partial charge in [0.15, 0.2) is 0 Å². The Morgan fingerprint density at radius 2 is 1.43 bits per heavy atom. The predicted octanol–water partition coefficient (Wildman–Crippen LogP) is 0.566. The normalized spacial score (nSPS) is 17.7. The van der Waals surface area contributed by atoms with Gasteiger partial charge in [-0.15, -0.1) is 12.4 Å². The predicted molar refractivity (Wildman–Crippen MR) is 90.5 cm³/mol. The van der Waals surface area contributed by atoms with Crippen LogP contribution < -0.4 is 15.2 Å². The lowest BCUT2D eigenvalue weighted by atomic mass is 10.0. The average Bonchev–Trinajstić information content (AvgIpc) is 2.96. The minimum absolute atomic E-state index is 0. The summed E-state index contributed by atoms with van der Waals surface area (Å²) in [6.07, 6.45) is 3.32. The molecule has 0 saturated heterocycles. The minimum atomic E-state index is -3.73. The summed E-state index contributed by atoms with van der Waals surface area (Å²) in [6, 6.07) is 5.10. The van der Waals surface area contributed by atoms with Gasteiger partial charge in [-0.1, -0.05) is 12.8 Å². The smallest absolute Gasteiger partial charge is 0.241 e. The van der Waals surface area contributed by atoms with Crippen LogP contribution in [-0.4, -0.2) is 36.0 Å². The number of hydrogen-bond acceptors (Lipinski definition) is 5. The molecule has 1 aliphatic carbocycles. The van der Waals surface area contributed by atoms with E-state index < -0.39 is 25.6 Å². The first kappa shape index (κ1) is 20.3. The quantitative estimate of drug-likeness (QED) is 0.663. The fraction of sp³-hybridized carbons (Fsp3) is 0.538. The number of hydrogen-bond donors (Lipinski definition) is 3. The maximum absolute atomic E-state index is 12.5. The maximum Gasteiger partial charge on any atom is 0.241 e. The summed E-state index contributed by atoms with van der Waals surface area (Å²) in [4.78, 5) is 0.0469. The van der Waals surface area contributed by atoms with Crippen molar-refractivity contribution in [3.63, 3.8) is 0 Å². The van der Waals surface area contributed by atoms with Gasteiger partial charge in [0.05, 0.1) is 9.79 Å². The van der Waals surface area contributed by atoms with E-state index in [1.54, 1.807) is 0 Å². The van der Waals surface area contributed by atoms with E-state index in [9.17, 15) is 16.8 Å². The molecule has 132 valence electrons. The second-order valence-corrected chi connectivity index (χ2v) is 9.04. The molecule has 0 heterocycles.